The first-order valence-electron chi connectivity index (χ1n) is 6.97. The van der Waals surface area contributed by atoms with Crippen LogP contribution in [0.1, 0.15) is 36.2 Å². The first kappa shape index (κ1) is 15.2. The van der Waals surface area contributed by atoms with Crippen molar-refractivity contribution in [1.82, 2.24) is 4.98 Å². The molecular weight excluding hydrogens is 274 g/mol. The zero-order valence-electron chi connectivity index (χ0n) is 12.2. The van der Waals surface area contributed by atoms with Crippen LogP contribution in [0.5, 0.6) is 0 Å². The molecule has 1 fully saturated rings. The molecule has 1 heterocycles. The molecule has 0 N–H and O–H groups in total. The summed E-state index contributed by atoms with van der Waals surface area (Å²) in [6.45, 7) is 0.707. The van der Waals surface area contributed by atoms with Gasteiger partial charge in [0, 0.05) is 19.7 Å². The van der Waals surface area contributed by atoms with E-state index in [1.54, 1.807) is 11.9 Å². The lowest BCUT2D eigenvalue weighted by Crippen LogP contribution is -2.26. The lowest BCUT2D eigenvalue weighted by Gasteiger charge is -2.22. The van der Waals surface area contributed by atoms with E-state index in [0.717, 1.165) is 12.8 Å². The standard InChI is InChI=1S/C14H19N3O4/c1-16(9-10-5-3-4-6-10)13-12(17(19)20)8-7-11(15-13)14(18)21-2/h7-8,10H,3-6,9H2,1-2H3. The highest BCUT2D eigenvalue weighted by Gasteiger charge is 2.24. The molecule has 0 radical (unpaired) electrons. The number of ether oxygens (including phenoxy) is 1. The van der Waals surface area contributed by atoms with Crippen LogP contribution in [-0.2, 0) is 4.74 Å². The number of anilines is 1. The normalized spacial score (nSPS) is 15.0. The Balaban J connectivity index is 2.28. The number of hydrogen-bond donors (Lipinski definition) is 0. The fourth-order valence-corrected chi connectivity index (χ4v) is 2.75. The minimum atomic E-state index is -0.597. The summed E-state index contributed by atoms with van der Waals surface area (Å²) in [7, 11) is 3.03. The smallest absolute Gasteiger partial charge is 0.356 e. The molecule has 1 aliphatic rings. The first-order chi connectivity index (χ1) is 10.0. The number of carbonyl (C=O) groups excluding carboxylic acids is 1. The summed E-state index contributed by atoms with van der Waals surface area (Å²) >= 11 is 0. The largest absolute Gasteiger partial charge is 0.464 e. The van der Waals surface area contributed by atoms with Gasteiger partial charge < -0.3 is 9.64 Å². The van der Waals surface area contributed by atoms with Crippen molar-refractivity contribution >= 4 is 17.5 Å². The lowest BCUT2D eigenvalue weighted by atomic mass is 10.1. The molecule has 0 atom stereocenters. The first-order valence-corrected chi connectivity index (χ1v) is 6.97. The molecule has 0 amide bonds. The predicted molar refractivity (Wildman–Crippen MR) is 77.5 cm³/mol. The van der Waals surface area contributed by atoms with Crippen molar-refractivity contribution in [3.63, 3.8) is 0 Å². The molecule has 0 aromatic carbocycles. The maximum atomic E-state index is 11.5. The van der Waals surface area contributed by atoms with Crippen LogP contribution in [0.25, 0.3) is 0 Å². The molecule has 1 aromatic heterocycles. The van der Waals surface area contributed by atoms with Crippen LogP contribution >= 0.6 is 0 Å². The molecule has 0 aliphatic heterocycles. The second kappa shape index (κ2) is 6.51. The number of hydrogen-bond acceptors (Lipinski definition) is 6. The van der Waals surface area contributed by atoms with Gasteiger partial charge in [-0.25, -0.2) is 9.78 Å². The average molecular weight is 293 g/mol. The number of nitro groups is 1. The van der Waals surface area contributed by atoms with Gasteiger partial charge in [-0.15, -0.1) is 0 Å². The second-order valence-electron chi connectivity index (χ2n) is 5.32. The second-order valence-corrected chi connectivity index (χ2v) is 5.32. The van der Waals surface area contributed by atoms with Gasteiger partial charge in [-0.3, -0.25) is 10.1 Å². The zero-order valence-corrected chi connectivity index (χ0v) is 12.2. The third-order valence-electron chi connectivity index (χ3n) is 3.81. The summed E-state index contributed by atoms with van der Waals surface area (Å²) in [5, 5.41) is 11.1. The van der Waals surface area contributed by atoms with Crippen molar-refractivity contribution in [1.29, 1.82) is 0 Å². The summed E-state index contributed by atoms with van der Waals surface area (Å²) in [6, 6.07) is 2.62. The molecule has 0 bridgehead atoms. The third kappa shape index (κ3) is 3.48. The highest BCUT2D eigenvalue weighted by Crippen LogP contribution is 2.30. The molecule has 21 heavy (non-hydrogen) atoms. The van der Waals surface area contributed by atoms with Crippen molar-refractivity contribution in [3.8, 4) is 0 Å². The van der Waals surface area contributed by atoms with E-state index in [2.05, 4.69) is 9.72 Å². The van der Waals surface area contributed by atoms with Crippen LogP contribution < -0.4 is 4.90 Å². The summed E-state index contributed by atoms with van der Waals surface area (Å²) in [6.07, 6.45) is 4.68. The van der Waals surface area contributed by atoms with Gasteiger partial charge in [0.05, 0.1) is 12.0 Å². The molecule has 1 saturated carbocycles. The molecular formula is C14H19N3O4. The molecule has 0 spiro atoms. The molecule has 1 aliphatic carbocycles. The highest BCUT2D eigenvalue weighted by atomic mass is 16.6. The van der Waals surface area contributed by atoms with Gasteiger partial charge in [0.15, 0.2) is 5.69 Å². The van der Waals surface area contributed by atoms with Gasteiger partial charge in [-0.05, 0) is 24.8 Å². The van der Waals surface area contributed by atoms with E-state index in [4.69, 9.17) is 0 Å². The topological polar surface area (TPSA) is 85.6 Å². The SMILES string of the molecule is COC(=O)c1ccc([N+](=O)[O-])c(N(C)CC2CCCC2)n1. The Bertz CT molecular complexity index is 541. The number of esters is 1. The molecule has 114 valence electrons. The minimum Gasteiger partial charge on any atom is -0.464 e. The number of pyridine rings is 1. The molecule has 7 nitrogen and oxygen atoms in total. The van der Waals surface area contributed by atoms with Crippen molar-refractivity contribution in [2.75, 3.05) is 25.6 Å². The van der Waals surface area contributed by atoms with Gasteiger partial charge in [0.2, 0.25) is 5.82 Å². The van der Waals surface area contributed by atoms with Crippen molar-refractivity contribution in [3.05, 3.63) is 27.9 Å². The van der Waals surface area contributed by atoms with E-state index >= 15 is 0 Å². The van der Waals surface area contributed by atoms with Crippen molar-refractivity contribution < 1.29 is 14.5 Å². The fraction of sp³-hybridized carbons (Fsp3) is 0.571. The quantitative estimate of drug-likeness (QED) is 0.471. The molecule has 7 heteroatoms. The van der Waals surface area contributed by atoms with Gasteiger partial charge in [-0.2, -0.15) is 0 Å². The van der Waals surface area contributed by atoms with Gasteiger partial charge >= 0.3 is 11.7 Å². The maximum absolute atomic E-state index is 11.5. The number of rotatable bonds is 5. The maximum Gasteiger partial charge on any atom is 0.356 e. The van der Waals surface area contributed by atoms with E-state index in [-0.39, 0.29) is 17.2 Å². The number of nitrogens with zero attached hydrogens (tertiary/aromatic N) is 3. The van der Waals surface area contributed by atoms with Crippen LogP contribution in [0, 0.1) is 16.0 Å². The Hall–Kier alpha value is -2.18. The van der Waals surface area contributed by atoms with E-state index in [9.17, 15) is 14.9 Å². The molecule has 0 saturated heterocycles. The average Bonchev–Trinajstić information content (AvgIpc) is 2.98. The fourth-order valence-electron chi connectivity index (χ4n) is 2.75. The van der Waals surface area contributed by atoms with Crippen LogP contribution in [0.15, 0.2) is 12.1 Å². The summed E-state index contributed by atoms with van der Waals surface area (Å²) in [4.78, 5) is 28.1. The number of aromatic nitrogens is 1. The van der Waals surface area contributed by atoms with Crippen molar-refractivity contribution in [2.45, 2.75) is 25.7 Å². The van der Waals surface area contributed by atoms with E-state index in [1.165, 1.54) is 32.1 Å². The zero-order chi connectivity index (χ0) is 15.4. The Kier molecular flexibility index (Phi) is 4.72. The van der Waals surface area contributed by atoms with E-state index in [0.29, 0.717) is 12.5 Å². The molecule has 1 aromatic rings. The Morgan fingerprint density at radius 3 is 2.71 bits per heavy atom. The Morgan fingerprint density at radius 2 is 2.14 bits per heavy atom. The van der Waals surface area contributed by atoms with Crippen LogP contribution in [0.2, 0.25) is 0 Å². The van der Waals surface area contributed by atoms with Gasteiger partial charge in [0.25, 0.3) is 0 Å². The summed E-state index contributed by atoms with van der Waals surface area (Å²) in [5.41, 5.74) is -0.0143. The van der Waals surface area contributed by atoms with Crippen molar-refractivity contribution in [2.24, 2.45) is 5.92 Å². The minimum absolute atomic E-state index is 0.0800. The van der Waals surface area contributed by atoms with Gasteiger partial charge in [-0.1, -0.05) is 12.8 Å². The molecule has 0 unspecified atom stereocenters. The van der Waals surface area contributed by atoms with Gasteiger partial charge in [0.1, 0.15) is 0 Å². The summed E-state index contributed by atoms with van der Waals surface area (Å²) in [5.74, 6) is 0.147. The van der Waals surface area contributed by atoms with Crippen LogP contribution in [0.3, 0.4) is 0 Å². The van der Waals surface area contributed by atoms with E-state index < -0.39 is 10.9 Å². The Morgan fingerprint density at radius 1 is 1.48 bits per heavy atom. The van der Waals surface area contributed by atoms with Crippen LogP contribution in [0.4, 0.5) is 11.5 Å². The number of methoxy groups -OCH3 is 1. The highest BCUT2D eigenvalue weighted by molar-refractivity contribution is 5.88. The third-order valence-corrected chi connectivity index (χ3v) is 3.81. The lowest BCUT2D eigenvalue weighted by molar-refractivity contribution is -0.384. The van der Waals surface area contributed by atoms with Crippen LogP contribution in [-0.4, -0.2) is 36.6 Å². The summed E-state index contributed by atoms with van der Waals surface area (Å²) < 4.78 is 4.61. The molecule has 2 rings (SSSR count). The predicted octanol–water partition coefficient (Wildman–Crippen LogP) is 2.40. The Labute approximate surface area is 123 Å². The monoisotopic (exact) mass is 293 g/mol. The number of carbonyl (C=O) groups is 1. The van der Waals surface area contributed by atoms with E-state index in [1.807, 2.05) is 0 Å².